The van der Waals surface area contributed by atoms with Gasteiger partial charge in [0.25, 0.3) is 5.91 Å². The van der Waals surface area contributed by atoms with Gasteiger partial charge in [0.1, 0.15) is 11.5 Å². The minimum absolute atomic E-state index is 0.142. The van der Waals surface area contributed by atoms with E-state index < -0.39 is 22.3 Å². The van der Waals surface area contributed by atoms with Gasteiger partial charge in [0.2, 0.25) is 0 Å². The summed E-state index contributed by atoms with van der Waals surface area (Å²) < 4.78 is 14.2. The molecule has 1 aromatic carbocycles. The Morgan fingerprint density at radius 2 is 2.15 bits per heavy atom. The second-order valence-electron chi connectivity index (χ2n) is 5.13. The van der Waals surface area contributed by atoms with E-state index in [0.717, 1.165) is 11.8 Å². The van der Waals surface area contributed by atoms with E-state index >= 15 is 0 Å². The van der Waals surface area contributed by atoms with Crippen molar-refractivity contribution in [3.63, 3.8) is 0 Å². The van der Waals surface area contributed by atoms with E-state index in [9.17, 15) is 14.3 Å². The van der Waals surface area contributed by atoms with Crippen molar-refractivity contribution >= 4 is 17.7 Å². The van der Waals surface area contributed by atoms with Crippen LogP contribution in [0.1, 0.15) is 25.0 Å². The lowest BCUT2D eigenvalue weighted by atomic mass is 9.96. The van der Waals surface area contributed by atoms with Crippen molar-refractivity contribution < 1.29 is 14.3 Å². The van der Waals surface area contributed by atoms with E-state index in [2.05, 4.69) is 5.32 Å². The lowest BCUT2D eigenvalue weighted by Crippen LogP contribution is -2.46. The zero-order valence-corrected chi connectivity index (χ0v) is 11.9. The van der Waals surface area contributed by atoms with Crippen LogP contribution >= 0.6 is 11.8 Å². The molecular weight excluding hydrogens is 281 g/mol. The molecule has 1 amide bonds. The quantitative estimate of drug-likeness (QED) is 0.660. The topological polar surface area (TPSA) is 101 Å². The van der Waals surface area contributed by atoms with E-state index in [1.54, 1.807) is 19.9 Å². The molecule has 0 aliphatic carbocycles. The summed E-state index contributed by atoms with van der Waals surface area (Å²) in [6, 6.07) is 4.31. The SMILES string of the molecule is CC(C)(O)c1ccc(C2(N)NC(C(N)=O)=CS2)c(F)c1. The molecule has 0 saturated heterocycles. The highest BCUT2D eigenvalue weighted by Gasteiger charge is 2.37. The molecule has 0 saturated carbocycles. The minimum atomic E-state index is -1.29. The number of halogens is 1. The monoisotopic (exact) mass is 297 g/mol. The van der Waals surface area contributed by atoms with Gasteiger partial charge in [-0.15, -0.1) is 0 Å². The van der Waals surface area contributed by atoms with Gasteiger partial charge >= 0.3 is 0 Å². The normalized spacial score (nSPS) is 22.4. The standard InChI is InChI=1S/C13H16FN3O2S/c1-12(2,19)7-3-4-8(9(14)5-7)13(16)17-10(6-20-13)11(15)18/h3-6,17,19H,16H2,1-2H3,(H2,15,18). The van der Waals surface area contributed by atoms with Crippen molar-refractivity contribution in [2.24, 2.45) is 11.5 Å². The van der Waals surface area contributed by atoms with Crippen LogP contribution < -0.4 is 16.8 Å². The van der Waals surface area contributed by atoms with Crippen LogP contribution in [0, 0.1) is 5.82 Å². The minimum Gasteiger partial charge on any atom is -0.386 e. The van der Waals surface area contributed by atoms with Gasteiger partial charge in [-0.05, 0) is 25.5 Å². The van der Waals surface area contributed by atoms with E-state index in [-0.39, 0.29) is 11.3 Å². The molecule has 0 aromatic heterocycles. The third kappa shape index (κ3) is 2.65. The molecule has 1 heterocycles. The molecule has 20 heavy (non-hydrogen) atoms. The molecule has 5 nitrogen and oxygen atoms in total. The van der Waals surface area contributed by atoms with Crippen LogP contribution in [-0.2, 0) is 15.4 Å². The van der Waals surface area contributed by atoms with E-state index in [1.165, 1.54) is 17.5 Å². The Hall–Kier alpha value is -1.57. The van der Waals surface area contributed by atoms with Crippen molar-refractivity contribution in [3.05, 3.63) is 46.2 Å². The first-order valence-electron chi connectivity index (χ1n) is 5.91. The number of amides is 1. The summed E-state index contributed by atoms with van der Waals surface area (Å²) in [6.45, 7) is 3.13. The first-order valence-corrected chi connectivity index (χ1v) is 6.79. The highest BCUT2D eigenvalue weighted by molar-refractivity contribution is 8.03. The van der Waals surface area contributed by atoms with E-state index in [1.807, 2.05) is 0 Å². The van der Waals surface area contributed by atoms with E-state index in [0.29, 0.717) is 5.56 Å². The number of hydrogen-bond acceptors (Lipinski definition) is 5. The van der Waals surface area contributed by atoms with Crippen molar-refractivity contribution in [1.29, 1.82) is 0 Å². The highest BCUT2D eigenvalue weighted by Crippen LogP contribution is 2.38. The molecular formula is C13H16FN3O2S. The molecule has 0 bridgehead atoms. The van der Waals surface area contributed by atoms with Crippen LogP contribution in [0.5, 0.6) is 0 Å². The number of thioether (sulfide) groups is 1. The molecule has 0 radical (unpaired) electrons. The molecule has 6 N–H and O–H groups in total. The van der Waals surface area contributed by atoms with Gasteiger partial charge < -0.3 is 16.2 Å². The fourth-order valence-corrected chi connectivity index (χ4v) is 2.80. The van der Waals surface area contributed by atoms with Crippen LogP contribution in [0.4, 0.5) is 4.39 Å². The molecule has 2 rings (SSSR count). The van der Waals surface area contributed by atoms with Crippen LogP contribution in [-0.4, -0.2) is 11.0 Å². The number of nitrogens with one attached hydrogen (secondary N) is 1. The maximum Gasteiger partial charge on any atom is 0.265 e. The van der Waals surface area contributed by atoms with Crippen molar-refractivity contribution in [3.8, 4) is 0 Å². The van der Waals surface area contributed by atoms with Crippen molar-refractivity contribution in [2.75, 3.05) is 0 Å². The summed E-state index contributed by atoms with van der Waals surface area (Å²) in [5.74, 6) is -1.22. The Kier molecular flexibility index (Phi) is 3.53. The second-order valence-corrected chi connectivity index (χ2v) is 6.24. The molecule has 0 fully saturated rings. The summed E-state index contributed by atoms with van der Waals surface area (Å²) in [6.07, 6.45) is 0. The van der Waals surface area contributed by atoms with Gasteiger partial charge in [-0.2, -0.15) is 0 Å². The molecule has 1 atom stereocenters. The average molecular weight is 297 g/mol. The van der Waals surface area contributed by atoms with Crippen LogP contribution in [0.15, 0.2) is 29.3 Å². The maximum atomic E-state index is 14.2. The number of carbonyl (C=O) groups excluding carboxylic acids is 1. The highest BCUT2D eigenvalue weighted by atomic mass is 32.2. The first kappa shape index (κ1) is 14.8. The summed E-state index contributed by atoms with van der Waals surface area (Å²) in [5.41, 5.74) is 10.8. The molecule has 1 aromatic rings. The Labute approximate surface area is 120 Å². The fraction of sp³-hybridized carbons (Fsp3) is 0.308. The predicted octanol–water partition coefficient (Wildman–Crippen LogP) is 0.785. The van der Waals surface area contributed by atoms with Crippen LogP contribution in [0.25, 0.3) is 0 Å². The number of benzene rings is 1. The lowest BCUT2D eigenvalue weighted by molar-refractivity contribution is -0.115. The Balaban J connectivity index is 2.34. The van der Waals surface area contributed by atoms with Gasteiger partial charge in [0, 0.05) is 11.0 Å². The molecule has 108 valence electrons. The van der Waals surface area contributed by atoms with Gasteiger partial charge in [-0.1, -0.05) is 23.9 Å². The second kappa shape index (κ2) is 4.76. The molecule has 0 spiro atoms. The summed E-state index contributed by atoms with van der Waals surface area (Å²) in [4.78, 5) is 9.80. The first-order chi connectivity index (χ1) is 9.13. The average Bonchev–Trinajstić information content (AvgIpc) is 2.71. The summed E-state index contributed by atoms with van der Waals surface area (Å²) >= 11 is 1.06. The number of carbonyl (C=O) groups is 1. The summed E-state index contributed by atoms with van der Waals surface area (Å²) in [5, 5.41) is 14.0. The Morgan fingerprint density at radius 3 is 2.60 bits per heavy atom. The van der Waals surface area contributed by atoms with Crippen molar-refractivity contribution in [2.45, 2.75) is 24.4 Å². The molecule has 7 heteroatoms. The van der Waals surface area contributed by atoms with Gasteiger partial charge in [0.15, 0.2) is 4.99 Å². The molecule has 1 unspecified atom stereocenters. The fourth-order valence-electron chi connectivity index (χ4n) is 1.86. The van der Waals surface area contributed by atoms with E-state index in [4.69, 9.17) is 11.5 Å². The van der Waals surface area contributed by atoms with Gasteiger partial charge in [-0.25, -0.2) is 4.39 Å². The zero-order chi connectivity index (χ0) is 15.1. The lowest BCUT2D eigenvalue weighted by Gasteiger charge is -2.27. The zero-order valence-electron chi connectivity index (χ0n) is 11.1. The smallest absolute Gasteiger partial charge is 0.265 e. The number of rotatable bonds is 3. The number of primary amides is 1. The Bertz CT molecular complexity index is 598. The van der Waals surface area contributed by atoms with Crippen molar-refractivity contribution in [1.82, 2.24) is 5.32 Å². The third-order valence-corrected chi connectivity index (χ3v) is 4.07. The Morgan fingerprint density at radius 1 is 1.50 bits per heavy atom. The third-order valence-electron chi connectivity index (χ3n) is 3.02. The predicted molar refractivity (Wildman–Crippen MR) is 75.5 cm³/mol. The van der Waals surface area contributed by atoms with Gasteiger partial charge in [0.05, 0.1) is 5.60 Å². The van der Waals surface area contributed by atoms with Gasteiger partial charge in [-0.3, -0.25) is 10.5 Å². The molecule has 1 aliphatic rings. The largest absolute Gasteiger partial charge is 0.386 e. The number of hydrogen-bond donors (Lipinski definition) is 4. The number of aliphatic hydroxyl groups is 1. The summed E-state index contributed by atoms with van der Waals surface area (Å²) in [7, 11) is 0. The molecule has 1 aliphatic heterocycles. The van der Waals surface area contributed by atoms with Crippen LogP contribution in [0.3, 0.4) is 0 Å². The van der Waals surface area contributed by atoms with Crippen LogP contribution in [0.2, 0.25) is 0 Å². The maximum absolute atomic E-state index is 14.2. The number of nitrogens with two attached hydrogens (primary N) is 2.